The summed E-state index contributed by atoms with van der Waals surface area (Å²) < 4.78 is 0. The molecule has 1 aliphatic carbocycles. The molecular formula is C15H16N4O3S. The molecular weight excluding hydrogens is 316 g/mol. The van der Waals surface area contributed by atoms with Gasteiger partial charge in [-0.1, -0.05) is 6.92 Å². The van der Waals surface area contributed by atoms with E-state index in [-0.39, 0.29) is 18.5 Å². The Morgan fingerprint density at radius 1 is 1.43 bits per heavy atom. The van der Waals surface area contributed by atoms with Gasteiger partial charge in [-0.25, -0.2) is 4.98 Å². The highest BCUT2D eigenvalue weighted by molar-refractivity contribution is 7.13. The van der Waals surface area contributed by atoms with Crippen LogP contribution < -0.4 is 0 Å². The molecule has 7 nitrogen and oxygen atoms in total. The van der Waals surface area contributed by atoms with Crippen LogP contribution in [0.1, 0.15) is 30.3 Å². The Morgan fingerprint density at radius 3 is 2.83 bits per heavy atom. The van der Waals surface area contributed by atoms with Gasteiger partial charge in [0.05, 0.1) is 12.1 Å². The monoisotopic (exact) mass is 332 g/mol. The Hall–Kier alpha value is -2.35. The average molecular weight is 332 g/mol. The first-order chi connectivity index (χ1) is 11.1. The molecule has 2 heterocycles. The van der Waals surface area contributed by atoms with Crippen molar-refractivity contribution in [3.8, 4) is 10.7 Å². The molecule has 1 N–H and O–H groups in total. The van der Waals surface area contributed by atoms with Gasteiger partial charge in [0.1, 0.15) is 16.4 Å². The number of hydrogen-bond acceptors (Lipinski definition) is 6. The molecule has 0 aliphatic heterocycles. The number of amides is 1. The lowest BCUT2D eigenvalue weighted by atomic mass is 10.1. The van der Waals surface area contributed by atoms with E-state index in [1.807, 2.05) is 0 Å². The quantitative estimate of drug-likeness (QED) is 0.868. The maximum atomic E-state index is 12.7. The Kier molecular flexibility index (Phi) is 4.33. The molecule has 8 heteroatoms. The minimum atomic E-state index is -0.901. The smallest absolute Gasteiger partial charge is 0.308 e. The molecule has 3 rings (SSSR count). The number of nitrogens with zero attached hydrogens (tertiary/aromatic N) is 4. The highest BCUT2D eigenvalue weighted by Crippen LogP contribution is 2.30. The van der Waals surface area contributed by atoms with Gasteiger partial charge in [0.25, 0.3) is 5.91 Å². The van der Waals surface area contributed by atoms with Gasteiger partial charge in [0, 0.05) is 30.4 Å². The SMILES string of the molecule is CC(CN(C(=O)c1csc(-c2cnccn2)n1)C1CC1)C(=O)O. The summed E-state index contributed by atoms with van der Waals surface area (Å²) in [7, 11) is 0. The number of hydrogen-bond donors (Lipinski definition) is 1. The molecule has 1 fully saturated rings. The van der Waals surface area contributed by atoms with Crippen LogP contribution in [-0.4, -0.2) is 49.4 Å². The second-order valence-electron chi connectivity index (χ2n) is 5.56. The van der Waals surface area contributed by atoms with Crippen LogP contribution >= 0.6 is 11.3 Å². The summed E-state index contributed by atoms with van der Waals surface area (Å²) in [5.41, 5.74) is 0.952. The van der Waals surface area contributed by atoms with Gasteiger partial charge in [-0.2, -0.15) is 0 Å². The second-order valence-corrected chi connectivity index (χ2v) is 6.41. The average Bonchev–Trinajstić information content (AvgIpc) is 3.28. The summed E-state index contributed by atoms with van der Waals surface area (Å²) in [6, 6.07) is 0.131. The Morgan fingerprint density at radius 2 is 2.22 bits per heavy atom. The van der Waals surface area contributed by atoms with Crippen LogP contribution in [0.15, 0.2) is 24.0 Å². The lowest BCUT2D eigenvalue weighted by Crippen LogP contribution is -2.38. The van der Waals surface area contributed by atoms with Crippen LogP contribution in [0.25, 0.3) is 10.7 Å². The zero-order valence-electron chi connectivity index (χ0n) is 12.5. The van der Waals surface area contributed by atoms with Gasteiger partial charge in [0.15, 0.2) is 0 Å². The predicted molar refractivity (Wildman–Crippen MR) is 84.0 cm³/mol. The van der Waals surface area contributed by atoms with Gasteiger partial charge in [-0.3, -0.25) is 19.6 Å². The van der Waals surface area contributed by atoms with E-state index in [1.165, 1.54) is 11.3 Å². The first-order valence-electron chi connectivity index (χ1n) is 7.32. The first kappa shape index (κ1) is 15.5. The summed E-state index contributed by atoms with van der Waals surface area (Å²) in [6.07, 6.45) is 6.57. The summed E-state index contributed by atoms with van der Waals surface area (Å²) >= 11 is 1.33. The number of carboxylic acid groups (broad SMARTS) is 1. The summed E-state index contributed by atoms with van der Waals surface area (Å²) in [6.45, 7) is 1.81. The fourth-order valence-electron chi connectivity index (χ4n) is 2.20. The molecule has 0 saturated heterocycles. The Bertz CT molecular complexity index is 715. The largest absolute Gasteiger partial charge is 0.481 e. The number of carbonyl (C=O) groups is 2. The molecule has 120 valence electrons. The standard InChI is InChI=1S/C15H16N4O3S/c1-9(15(21)22)7-19(10-2-3-10)14(20)12-8-23-13(18-12)11-6-16-4-5-17-11/h4-6,8-10H,2-3,7H2,1H3,(H,21,22). The highest BCUT2D eigenvalue weighted by atomic mass is 32.1. The molecule has 0 bridgehead atoms. The minimum absolute atomic E-state index is 0.131. The Balaban J connectivity index is 1.78. The van der Waals surface area contributed by atoms with E-state index in [9.17, 15) is 9.59 Å². The zero-order chi connectivity index (χ0) is 16.4. The van der Waals surface area contributed by atoms with Crippen molar-refractivity contribution in [2.24, 2.45) is 5.92 Å². The molecule has 1 saturated carbocycles. The normalized spacial score (nSPS) is 15.2. The van der Waals surface area contributed by atoms with Crippen molar-refractivity contribution < 1.29 is 14.7 Å². The van der Waals surface area contributed by atoms with Crippen molar-refractivity contribution >= 4 is 23.2 Å². The topological polar surface area (TPSA) is 96.3 Å². The van der Waals surface area contributed by atoms with Gasteiger partial charge in [-0.05, 0) is 12.8 Å². The fourth-order valence-corrected chi connectivity index (χ4v) is 2.96. The lowest BCUT2D eigenvalue weighted by molar-refractivity contribution is -0.141. The maximum Gasteiger partial charge on any atom is 0.308 e. The number of aromatic nitrogens is 3. The van der Waals surface area contributed by atoms with E-state index in [2.05, 4.69) is 15.0 Å². The summed E-state index contributed by atoms with van der Waals surface area (Å²) in [5.74, 6) is -1.72. The lowest BCUT2D eigenvalue weighted by Gasteiger charge is -2.23. The highest BCUT2D eigenvalue weighted by Gasteiger charge is 2.35. The summed E-state index contributed by atoms with van der Waals surface area (Å²) in [4.78, 5) is 37.9. The fraction of sp³-hybridized carbons (Fsp3) is 0.400. The number of carbonyl (C=O) groups excluding carboxylic acids is 1. The van der Waals surface area contributed by atoms with E-state index in [1.54, 1.807) is 35.8 Å². The third-order valence-electron chi connectivity index (χ3n) is 3.65. The molecule has 1 aliphatic rings. The van der Waals surface area contributed by atoms with Crippen LogP contribution in [0.4, 0.5) is 0 Å². The van der Waals surface area contributed by atoms with E-state index in [0.29, 0.717) is 16.4 Å². The molecule has 2 aromatic heterocycles. The van der Waals surface area contributed by atoms with Crippen LogP contribution in [0.3, 0.4) is 0 Å². The summed E-state index contributed by atoms with van der Waals surface area (Å²) in [5, 5.41) is 11.4. The number of rotatable bonds is 6. The van der Waals surface area contributed by atoms with Gasteiger partial charge in [-0.15, -0.1) is 11.3 Å². The van der Waals surface area contributed by atoms with Gasteiger partial charge >= 0.3 is 5.97 Å². The van der Waals surface area contributed by atoms with Gasteiger partial charge < -0.3 is 10.0 Å². The number of carboxylic acids is 1. The van der Waals surface area contributed by atoms with Crippen molar-refractivity contribution in [1.29, 1.82) is 0 Å². The van der Waals surface area contributed by atoms with Crippen molar-refractivity contribution in [2.75, 3.05) is 6.54 Å². The first-order valence-corrected chi connectivity index (χ1v) is 8.20. The van der Waals surface area contributed by atoms with Crippen molar-refractivity contribution in [3.05, 3.63) is 29.7 Å². The molecule has 1 amide bonds. The number of thiazole rings is 1. The maximum absolute atomic E-state index is 12.7. The van der Waals surface area contributed by atoms with E-state index >= 15 is 0 Å². The predicted octanol–water partition coefficient (Wildman–Crippen LogP) is 1.93. The molecule has 2 aromatic rings. The number of aliphatic carboxylic acids is 1. The second kappa shape index (κ2) is 6.41. The van der Waals surface area contributed by atoms with Gasteiger partial charge in [0.2, 0.25) is 0 Å². The van der Waals surface area contributed by atoms with E-state index in [0.717, 1.165) is 12.8 Å². The van der Waals surface area contributed by atoms with E-state index < -0.39 is 11.9 Å². The zero-order valence-corrected chi connectivity index (χ0v) is 13.4. The van der Waals surface area contributed by atoms with Crippen molar-refractivity contribution in [1.82, 2.24) is 19.9 Å². The Labute approximate surface area is 137 Å². The molecule has 0 spiro atoms. The molecule has 1 atom stereocenters. The molecule has 0 aromatic carbocycles. The minimum Gasteiger partial charge on any atom is -0.481 e. The van der Waals surface area contributed by atoms with E-state index in [4.69, 9.17) is 5.11 Å². The van der Waals surface area contributed by atoms with Crippen molar-refractivity contribution in [2.45, 2.75) is 25.8 Å². The van der Waals surface area contributed by atoms with Crippen LogP contribution in [0, 0.1) is 5.92 Å². The third kappa shape index (κ3) is 3.53. The van der Waals surface area contributed by atoms with Crippen LogP contribution in [0.5, 0.6) is 0 Å². The van der Waals surface area contributed by atoms with Crippen molar-refractivity contribution in [3.63, 3.8) is 0 Å². The van der Waals surface area contributed by atoms with Crippen LogP contribution in [-0.2, 0) is 4.79 Å². The molecule has 0 radical (unpaired) electrons. The third-order valence-corrected chi connectivity index (χ3v) is 4.51. The van der Waals surface area contributed by atoms with Crippen LogP contribution in [0.2, 0.25) is 0 Å². The molecule has 1 unspecified atom stereocenters. The molecule has 23 heavy (non-hydrogen) atoms.